The number of carbonyl (C=O) groups excluding carboxylic acids is 1. The van der Waals surface area contributed by atoms with Crippen LogP contribution in [0.3, 0.4) is 0 Å². The number of allylic oxidation sites excluding steroid dienone is 1. The van der Waals surface area contributed by atoms with Gasteiger partial charge in [0.05, 0.1) is 17.0 Å². The van der Waals surface area contributed by atoms with Crippen molar-refractivity contribution in [2.75, 3.05) is 20.6 Å². The number of hydrogen-bond acceptors (Lipinski definition) is 3. The predicted molar refractivity (Wildman–Crippen MR) is 109 cm³/mol. The van der Waals surface area contributed by atoms with Crippen LogP contribution in [-0.2, 0) is 11.2 Å². The van der Waals surface area contributed by atoms with Crippen LogP contribution in [0.5, 0.6) is 0 Å². The van der Waals surface area contributed by atoms with E-state index in [1.165, 1.54) is 19.1 Å². The molecular weight excluding hydrogens is 341 g/mol. The summed E-state index contributed by atoms with van der Waals surface area (Å²) in [5, 5.41) is 0.784. The number of H-pyrrole nitrogens is 1. The van der Waals surface area contributed by atoms with E-state index in [0.717, 1.165) is 28.6 Å². The molecule has 0 aliphatic heterocycles. The number of rotatable bonds is 6. The summed E-state index contributed by atoms with van der Waals surface area (Å²) in [6, 6.07) is 14.0. The number of hydrogen-bond donors (Lipinski definition) is 2. The molecule has 0 amide bonds. The molecule has 1 aromatic heterocycles. The summed E-state index contributed by atoms with van der Waals surface area (Å²) in [5.41, 5.74) is 10.4. The fourth-order valence-corrected chi connectivity index (χ4v) is 3.29. The number of carbonyl (C=O) groups is 1. The van der Waals surface area contributed by atoms with Gasteiger partial charge in [-0.3, -0.25) is 4.79 Å². The zero-order chi connectivity index (χ0) is 19.6. The topological polar surface area (TPSA) is 62.1 Å². The van der Waals surface area contributed by atoms with E-state index in [1.54, 1.807) is 6.07 Å². The number of aromatic nitrogens is 1. The van der Waals surface area contributed by atoms with Gasteiger partial charge in [-0.1, -0.05) is 30.3 Å². The Kier molecular flexibility index (Phi) is 5.42. The Labute approximate surface area is 158 Å². The van der Waals surface area contributed by atoms with E-state index in [1.807, 2.05) is 44.4 Å². The lowest BCUT2D eigenvalue weighted by molar-refractivity contribution is -0.111. The van der Waals surface area contributed by atoms with E-state index >= 15 is 0 Å². The van der Waals surface area contributed by atoms with Crippen LogP contribution >= 0.6 is 0 Å². The van der Waals surface area contributed by atoms with Crippen LogP contribution in [0.2, 0.25) is 0 Å². The molecule has 0 aliphatic carbocycles. The molecule has 140 valence electrons. The normalized spacial score (nSPS) is 12.5. The van der Waals surface area contributed by atoms with E-state index in [9.17, 15) is 9.18 Å². The van der Waals surface area contributed by atoms with Crippen molar-refractivity contribution in [3.8, 4) is 0 Å². The highest BCUT2D eigenvalue weighted by atomic mass is 19.1. The molecule has 3 aromatic rings. The van der Waals surface area contributed by atoms with Crippen LogP contribution in [-0.4, -0.2) is 36.3 Å². The molecular formula is C22H24FN3O. The van der Waals surface area contributed by atoms with E-state index in [0.29, 0.717) is 23.4 Å². The van der Waals surface area contributed by atoms with Gasteiger partial charge in [0.2, 0.25) is 0 Å². The van der Waals surface area contributed by atoms with Crippen molar-refractivity contribution in [3.63, 3.8) is 0 Å². The van der Waals surface area contributed by atoms with Gasteiger partial charge in [-0.15, -0.1) is 0 Å². The zero-order valence-corrected chi connectivity index (χ0v) is 15.8. The Morgan fingerprint density at radius 2 is 1.85 bits per heavy atom. The molecule has 27 heavy (non-hydrogen) atoms. The van der Waals surface area contributed by atoms with Crippen molar-refractivity contribution in [2.24, 2.45) is 5.73 Å². The van der Waals surface area contributed by atoms with Gasteiger partial charge in [0, 0.05) is 17.4 Å². The molecule has 0 saturated carbocycles. The molecule has 4 nitrogen and oxygen atoms in total. The second kappa shape index (κ2) is 7.76. The van der Waals surface area contributed by atoms with E-state index in [4.69, 9.17) is 5.73 Å². The van der Waals surface area contributed by atoms with Crippen molar-refractivity contribution in [1.82, 2.24) is 9.88 Å². The molecule has 0 fully saturated rings. The average molecular weight is 365 g/mol. The van der Waals surface area contributed by atoms with Crippen molar-refractivity contribution >= 4 is 28.0 Å². The number of aromatic amines is 1. The minimum Gasteiger partial charge on any atom is -0.398 e. The summed E-state index contributed by atoms with van der Waals surface area (Å²) >= 11 is 0. The maximum atomic E-state index is 13.9. The van der Waals surface area contributed by atoms with Crippen molar-refractivity contribution < 1.29 is 9.18 Å². The molecule has 5 heteroatoms. The number of fused-ring (bicyclic) bond motifs is 1. The minimum absolute atomic E-state index is 0.130. The van der Waals surface area contributed by atoms with Crippen LogP contribution in [0.25, 0.3) is 22.2 Å². The smallest absolute Gasteiger partial charge is 0.164 e. The molecule has 0 spiro atoms. The average Bonchev–Trinajstić information content (AvgIpc) is 2.97. The molecule has 0 saturated heterocycles. The Hall–Kier alpha value is -2.92. The number of likely N-dealkylation sites (N-methyl/N-ethyl adjacent to an activating group) is 1. The first-order valence-electron chi connectivity index (χ1n) is 8.89. The van der Waals surface area contributed by atoms with Crippen LogP contribution < -0.4 is 5.73 Å². The van der Waals surface area contributed by atoms with Crippen LogP contribution in [0.1, 0.15) is 23.7 Å². The van der Waals surface area contributed by atoms with E-state index in [2.05, 4.69) is 9.88 Å². The van der Waals surface area contributed by atoms with Crippen molar-refractivity contribution in [2.45, 2.75) is 13.3 Å². The van der Waals surface area contributed by atoms with Gasteiger partial charge < -0.3 is 15.6 Å². The largest absolute Gasteiger partial charge is 0.398 e. The van der Waals surface area contributed by atoms with Gasteiger partial charge in [0.1, 0.15) is 5.82 Å². The molecule has 2 aromatic carbocycles. The number of nitrogens with one attached hydrogen (secondary N) is 1. The second-order valence-electron chi connectivity index (χ2n) is 6.93. The Morgan fingerprint density at radius 3 is 2.48 bits per heavy atom. The molecule has 0 aliphatic rings. The highest BCUT2D eigenvalue weighted by Gasteiger charge is 2.21. The third kappa shape index (κ3) is 3.93. The van der Waals surface area contributed by atoms with Gasteiger partial charge in [-0.05, 0) is 56.8 Å². The first kappa shape index (κ1) is 18.9. The highest BCUT2D eigenvalue weighted by molar-refractivity contribution is 6.27. The monoisotopic (exact) mass is 365 g/mol. The van der Waals surface area contributed by atoms with Crippen LogP contribution in [0.4, 0.5) is 4.39 Å². The number of benzene rings is 2. The molecule has 0 atom stereocenters. The molecule has 0 unspecified atom stereocenters. The van der Waals surface area contributed by atoms with Crippen LogP contribution in [0.15, 0.2) is 48.5 Å². The first-order chi connectivity index (χ1) is 12.9. The van der Waals surface area contributed by atoms with E-state index < -0.39 is 0 Å². The summed E-state index contributed by atoms with van der Waals surface area (Å²) in [5.74, 6) is -0.432. The highest BCUT2D eigenvalue weighted by Crippen LogP contribution is 2.32. The van der Waals surface area contributed by atoms with Gasteiger partial charge in [0.15, 0.2) is 5.78 Å². The number of nitrogens with two attached hydrogens (primary N) is 1. The third-order valence-corrected chi connectivity index (χ3v) is 4.63. The third-order valence-electron chi connectivity index (χ3n) is 4.63. The zero-order valence-electron chi connectivity index (χ0n) is 15.8. The molecule has 1 heterocycles. The van der Waals surface area contributed by atoms with Gasteiger partial charge in [-0.2, -0.15) is 0 Å². The summed E-state index contributed by atoms with van der Waals surface area (Å²) in [6.07, 6.45) is 0.671. The molecule has 3 N–H and O–H groups in total. The Balaban J connectivity index is 2.26. The number of halogens is 1. The van der Waals surface area contributed by atoms with E-state index in [-0.39, 0.29) is 11.6 Å². The van der Waals surface area contributed by atoms with Gasteiger partial charge >= 0.3 is 0 Å². The summed E-state index contributed by atoms with van der Waals surface area (Å²) in [7, 11) is 3.96. The quantitative estimate of drug-likeness (QED) is 0.653. The van der Waals surface area contributed by atoms with Crippen LogP contribution in [0, 0.1) is 5.82 Å². The summed E-state index contributed by atoms with van der Waals surface area (Å²) < 4.78 is 13.9. The fourth-order valence-electron chi connectivity index (χ4n) is 3.29. The predicted octanol–water partition coefficient (Wildman–Crippen LogP) is 3.83. The van der Waals surface area contributed by atoms with Gasteiger partial charge in [-0.25, -0.2) is 4.39 Å². The maximum absolute atomic E-state index is 13.9. The molecule has 0 radical (unpaired) electrons. The SMILES string of the molecule is CC(=O)/C(=C(/N)c1ccccc1)c1[nH]c2ccc(F)cc2c1CCN(C)C. The standard InChI is InChI=1S/C22H24FN3O/c1-14(27)20(21(24)15-7-5-4-6-8-15)22-17(11-12-26(2)3)18-13-16(23)9-10-19(18)25-22/h4-10,13,25H,11-12,24H2,1-3H3/b21-20-. The number of Topliss-reactive ketones (excluding diaryl/α,β-unsaturated/α-hetero) is 1. The first-order valence-corrected chi connectivity index (χ1v) is 8.89. The van der Waals surface area contributed by atoms with Crippen molar-refractivity contribution in [3.05, 3.63) is 71.2 Å². The lowest BCUT2D eigenvalue weighted by atomic mass is 9.96. The lowest BCUT2D eigenvalue weighted by Gasteiger charge is -2.13. The lowest BCUT2D eigenvalue weighted by Crippen LogP contribution is -2.16. The summed E-state index contributed by atoms with van der Waals surface area (Å²) in [4.78, 5) is 17.9. The molecule has 0 bridgehead atoms. The Morgan fingerprint density at radius 1 is 1.15 bits per heavy atom. The van der Waals surface area contributed by atoms with Gasteiger partial charge in [0.25, 0.3) is 0 Å². The summed E-state index contributed by atoms with van der Waals surface area (Å²) in [6.45, 7) is 2.28. The molecule has 3 rings (SSSR count). The Bertz CT molecular complexity index is 1000. The number of ketones is 1. The minimum atomic E-state index is -0.302. The maximum Gasteiger partial charge on any atom is 0.164 e. The fraction of sp³-hybridized carbons (Fsp3) is 0.227. The second-order valence-corrected chi connectivity index (χ2v) is 6.93. The number of nitrogens with zero attached hydrogens (tertiary/aromatic N) is 1. The van der Waals surface area contributed by atoms with Crippen molar-refractivity contribution in [1.29, 1.82) is 0 Å².